The molecule has 0 radical (unpaired) electrons. The monoisotopic (exact) mass is 341 g/mol. The number of carbonyl (C=O) groups is 1. The van der Waals surface area contributed by atoms with Crippen molar-refractivity contribution in [2.24, 2.45) is 0 Å². The van der Waals surface area contributed by atoms with Gasteiger partial charge in [0, 0.05) is 24.7 Å². The largest absolute Gasteiger partial charge is 0.337 e. The van der Waals surface area contributed by atoms with E-state index in [1.54, 1.807) is 11.8 Å². The topological polar surface area (TPSA) is 63.4 Å². The molecule has 0 bridgehead atoms. The summed E-state index contributed by atoms with van der Waals surface area (Å²) >= 11 is 1.42. The van der Waals surface area contributed by atoms with Crippen molar-refractivity contribution in [2.75, 3.05) is 13.1 Å². The SMILES string of the molecule is Cc1ncsc1C(=O)N1CCC[C@@H](c2cc3cncn3c(C)n2)C1. The summed E-state index contributed by atoms with van der Waals surface area (Å²) in [4.78, 5) is 28.6. The molecule has 24 heavy (non-hydrogen) atoms. The summed E-state index contributed by atoms with van der Waals surface area (Å²) in [6, 6.07) is 2.09. The highest BCUT2D eigenvalue weighted by molar-refractivity contribution is 7.11. The van der Waals surface area contributed by atoms with Crippen LogP contribution in [0.2, 0.25) is 0 Å². The summed E-state index contributed by atoms with van der Waals surface area (Å²) in [5.41, 5.74) is 4.67. The molecule has 1 saturated heterocycles. The Morgan fingerprint density at radius 1 is 1.38 bits per heavy atom. The Labute approximate surface area is 144 Å². The van der Waals surface area contributed by atoms with Crippen LogP contribution in [0.1, 0.15) is 45.6 Å². The molecule has 124 valence electrons. The fraction of sp³-hybridized carbons (Fsp3) is 0.412. The van der Waals surface area contributed by atoms with Gasteiger partial charge in [-0.2, -0.15) is 0 Å². The van der Waals surface area contributed by atoms with E-state index in [0.717, 1.165) is 47.0 Å². The number of nitrogens with zero attached hydrogens (tertiary/aromatic N) is 5. The van der Waals surface area contributed by atoms with Crippen LogP contribution in [0, 0.1) is 13.8 Å². The number of rotatable bonds is 2. The Bertz CT molecular complexity index is 899. The van der Waals surface area contributed by atoms with E-state index >= 15 is 0 Å². The van der Waals surface area contributed by atoms with Gasteiger partial charge >= 0.3 is 0 Å². The van der Waals surface area contributed by atoms with Crippen molar-refractivity contribution >= 4 is 22.8 Å². The van der Waals surface area contributed by atoms with E-state index in [4.69, 9.17) is 4.98 Å². The molecule has 7 heteroatoms. The van der Waals surface area contributed by atoms with Crippen molar-refractivity contribution < 1.29 is 4.79 Å². The van der Waals surface area contributed by atoms with Crippen molar-refractivity contribution in [3.05, 3.63) is 46.2 Å². The van der Waals surface area contributed by atoms with Crippen molar-refractivity contribution in [1.29, 1.82) is 0 Å². The van der Waals surface area contributed by atoms with Crippen LogP contribution in [0.4, 0.5) is 0 Å². The number of hydrogen-bond acceptors (Lipinski definition) is 5. The first-order valence-electron chi connectivity index (χ1n) is 8.12. The first kappa shape index (κ1) is 15.3. The second kappa shape index (κ2) is 5.98. The lowest BCUT2D eigenvalue weighted by atomic mass is 9.94. The number of amides is 1. The number of likely N-dealkylation sites (tertiary alicyclic amines) is 1. The standard InChI is InChI=1S/C17H19N5OS/c1-11-16(24-10-19-11)17(23)21-5-3-4-13(8-21)15-6-14-7-18-9-22(14)12(2)20-15/h6-7,9-10,13H,3-5,8H2,1-2H3/t13-/m1/s1. The fourth-order valence-corrected chi connectivity index (χ4v) is 4.14. The lowest BCUT2D eigenvalue weighted by molar-refractivity contribution is 0.0710. The molecule has 1 fully saturated rings. The molecular weight excluding hydrogens is 322 g/mol. The molecule has 0 unspecified atom stereocenters. The number of aromatic nitrogens is 4. The third kappa shape index (κ3) is 2.58. The highest BCUT2D eigenvalue weighted by Gasteiger charge is 2.28. The highest BCUT2D eigenvalue weighted by atomic mass is 32.1. The van der Waals surface area contributed by atoms with E-state index in [0.29, 0.717) is 6.54 Å². The predicted molar refractivity (Wildman–Crippen MR) is 92.5 cm³/mol. The van der Waals surface area contributed by atoms with E-state index in [2.05, 4.69) is 16.0 Å². The van der Waals surface area contributed by atoms with Gasteiger partial charge in [0.2, 0.25) is 0 Å². The highest BCUT2D eigenvalue weighted by Crippen LogP contribution is 2.28. The van der Waals surface area contributed by atoms with Crippen LogP contribution in [-0.2, 0) is 0 Å². The molecule has 0 saturated carbocycles. The number of piperidine rings is 1. The zero-order valence-corrected chi connectivity index (χ0v) is 14.6. The summed E-state index contributed by atoms with van der Waals surface area (Å²) in [6.45, 7) is 5.40. The number of fused-ring (bicyclic) bond motifs is 1. The average molecular weight is 341 g/mol. The van der Waals surface area contributed by atoms with Crippen LogP contribution >= 0.6 is 11.3 Å². The molecule has 4 heterocycles. The van der Waals surface area contributed by atoms with Gasteiger partial charge in [0.05, 0.1) is 22.9 Å². The zero-order valence-electron chi connectivity index (χ0n) is 13.8. The average Bonchev–Trinajstić information content (AvgIpc) is 3.23. The summed E-state index contributed by atoms with van der Waals surface area (Å²) in [5, 5.41) is 0. The fourth-order valence-electron chi connectivity index (χ4n) is 3.37. The zero-order chi connectivity index (χ0) is 16.7. The van der Waals surface area contributed by atoms with Crippen LogP contribution in [0.5, 0.6) is 0 Å². The minimum atomic E-state index is 0.0989. The van der Waals surface area contributed by atoms with Gasteiger partial charge < -0.3 is 4.90 Å². The van der Waals surface area contributed by atoms with Crippen LogP contribution in [0.25, 0.3) is 5.52 Å². The molecule has 0 aromatic carbocycles. The Balaban J connectivity index is 1.60. The molecule has 3 aromatic rings. The van der Waals surface area contributed by atoms with Gasteiger partial charge in [0.25, 0.3) is 5.91 Å². The van der Waals surface area contributed by atoms with Crippen molar-refractivity contribution in [1.82, 2.24) is 24.3 Å². The summed E-state index contributed by atoms with van der Waals surface area (Å²) in [5.74, 6) is 1.30. The van der Waals surface area contributed by atoms with E-state index in [9.17, 15) is 4.79 Å². The van der Waals surface area contributed by atoms with Gasteiger partial charge in [0.1, 0.15) is 17.0 Å². The van der Waals surface area contributed by atoms with Gasteiger partial charge in [-0.1, -0.05) is 0 Å². The summed E-state index contributed by atoms with van der Waals surface area (Å²) < 4.78 is 1.98. The number of hydrogen-bond donors (Lipinski definition) is 0. The van der Waals surface area contributed by atoms with Gasteiger partial charge in [-0.3, -0.25) is 9.20 Å². The minimum absolute atomic E-state index is 0.0989. The van der Waals surface area contributed by atoms with Gasteiger partial charge in [-0.15, -0.1) is 11.3 Å². The minimum Gasteiger partial charge on any atom is -0.337 e. The molecule has 6 nitrogen and oxygen atoms in total. The quantitative estimate of drug-likeness (QED) is 0.719. The third-order valence-electron chi connectivity index (χ3n) is 4.67. The van der Waals surface area contributed by atoms with Crippen molar-refractivity contribution in [2.45, 2.75) is 32.6 Å². The lowest BCUT2D eigenvalue weighted by Crippen LogP contribution is -2.39. The van der Waals surface area contributed by atoms with Crippen LogP contribution < -0.4 is 0 Å². The van der Waals surface area contributed by atoms with Crippen molar-refractivity contribution in [3.8, 4) is 0 Å². The molecule has 1 atom stereocenters. The Morgan fingerprint density at radius 2 is 2.25 bits per heavy atom. The first-order valence-corrected chi connectivity index (χ1v) is 9.00. The molecule has 4 rings (SSSR count). The molecule has 1 aliphatic heterocycles. The van der Waals surface area contributed by atoms with E-state index in [1.807, 2.05) is 29.3 Å². The maximum absolute atomic E-state index is 12.8. The number of carbonyl (C=O) groups excluding carboxylic acids is 1. The Hall–Kier alpha value is -2.28. The Kier molecular flexibility index (Phi) is 3.80. The first-order chi connectivity index (χ1) is 11.6. The third-order valence-corrected chi connectivity index (χ3v) is 5.59. The maximum Gasteiger partial charge on any atom is 0.265 e. The maximum atomic E-state index is 12.8. The summed E-state index contributed by atoms with van der Waals surface area (Å²) in [6.07, 6.45) is 5.69. The van der Waals surface area contributed by atoms with Gasteiger partial charge in [-0.25, -0.2) is 15.0 Å². The van der Waals surface area contributed by atoms with Crippen LogP contribution in [0.15, 0.2) is 24.1 Å². The second-order valence-electron chi connectivity index (χ2n) is 6.27. The smallest absolute Gasteiger partial charge is 0.265 e. The Morgan fingerprint density at radius 3 is 3.04 bits per heavy atom. The van der Waals surface area contributed by atoms with Gasteiger partial charge in [0.15, 0.2) is 0 Å². The van der Waals surface area contributed by atoms with E-state index in [1.165, 1.54) is 11.3 Å². The molecule has 3 aromatic heterocycles. The molecule has 1 amide bonds. The molecule has 1 aliphatic rings. The van der Waals surface area contributed by atoms with Crippen molar-refractivity contribution in [3.63, 3.8) is 0 Å². The van der Waals surface area contributed by atoms with E-state index < -0.39 is 0 Å². The molecular formula is C17H19N5OS. The van der Waals surface area contributed by atoms with E-state index in [-0.39, 0.29) is 11.8 Å². The van der Waals surface area contributed by atoms with Crippen LogP contribution in [0.3, 0.4) is 0 Å². The number of imidazole rings is 1. The molecule has 0 aliphatic carbocycles. The van der Waals surface area contributed by atoms with Gasteiger partial charge in [-0.05, 0) is 32.8 Å². The lowest BCUT2D eigenvalue weighted by Gasteiger charge is -2.32. The number of aryl methyl sites for hydroxylation is 2. The normalized spacial score (nSPS) is 18.2. The second-order valence-corrected chi connectivity index (χ2v) is 7.13. The van der Waals surface area contributed by atoms with Crippen LogP contribution in [-0.4, -0.2) is 43.2 Å². The summed E-state index contributed by atoms with van der Waals surface area (Å²) in [7, 11) is 0. The molecule has 0 spiro atoms. The molecule has 0 N–H and O–H groups in total. The predicted octanol–water partition coefficient (Wildman–Crippen LogP) is 2.82. The number of thiazole rings is 1.